The summed E-state index contributed by atoms with van der Waals surface area (Å²) >= 11 is 0. The fraction of sp³-hybridized carbons (Fsp3) is 0.667. The van der Waals surface area contributed by atoms with Crippen LogP contribution in [0.3, 0.4) is 0 Å². The molecular weight excluding hydrogens is 244 g/mol. The van der Waals surface area contributed by atoms with Crippen LogP contribution in [0.15, 0.2) is 16.9 Å². The van der Waals surface area contributed by atoms with Crippen LogP contribution in [0.4, 0.5) is 0 Å². The molecule has 0 saturated carbocycles. The molecule has 0 saturated heterocycles. The summed E-state index contributed by atoms with van der Waals surface area (Å²) in [5.41, 5.74) is 0.553. The van der Waals surface area contributed by atoms with Crippen molar-refractivity contribution in [3.05, 3.63) is 18.0 Å². The number of rotatable bonds is 8. The van der Waals surface area contributed by atoms with E-state index in [1.165, 1.54) is 10.6 Å². The number of nitrogens with zero attached hydrogens (tertiary/aromatic N) is 2. The molecule has 98 valence electrons. The van der Waals surface area contributed by atoms with Crippen LogP contribution in [0.5, 0.6) is 0 Å². The number of hydrogen-bond acceptors (Lipinski definition) is 5. The third kappa shape index (κ3) is 4.82. The molecular formula is C9H18N4O3S. The third-order valence-electron chi connectivity index (χ3n) is 2.24. The Labute approximate surface area is 101 Å². The quantitative estimate of drug-likeness (QED) is 0.620. The second kappa shape index (κ2) is 6.70. The fourth-order valence-electron chi connectivity index (χ4n) is 1.20. The highest BCUT2D eigenvalue weighted by Gasteiger charge is 2.16. The van der Waals surface area contributed by atoms with Crippen molar-refractivity contribution >= 4 is 10.2 Å². The van der Waals surface area contributed by atoms with Crippen LogP contribution >= 0.6 is 0 Å². The Balaban J connectivity index is 2.39. The molecule has 0 bridgehead atoms. The van der Waals surface area contributed by atoms with E-state index in [4.69, 9.17) is 0 Å². The summed E-state index contributed by atoms with van der Waals surface area (Å²) in [6, 6.07) is 1.61. The molecule has 0 unspecified atom stereocenters. The van der Waals surface area contributed by atoms with Crippen LogP contribution in [0.1, 0.15) is 12.1 Å². The number of hydrogen-bond donors (Lipinski definition) is 2. The summed E-state index contributed by atoms with van der Waals surface area (Å²) < 4.78 is 31.9. The largest absolute Gasteiger partial charge is 0.364 e. The summed E-state index contributed by atoms with van der Waals surface area (Å²) in [6.07, 6.45) is 2.16. The first-order valence-electron chi connectivity index (χ1n) is 5.31. The van der Waals surface area contributed by atoms with E-state index >= 15 is 0 Å². The van der Waals surface area contributed by atoms with Gasteiger partial charge >= 0.3 is 0 Å². The van der Waals surface area contributed by atoms with Crippen molar-refractivity contribution in [2.75, 3.05) is 27.2 Å². The van der Waals surface area contributed by atoms with Gasteiger partial charge in [0.05, 0.1) is 12.2 Å². The zero-order chi connectivity index (χ0) is 12.7. The average molecular weight is 262 g/mol. The van der Waals surface area contributed by atoms with Crippen molar-refractivity contribution in [2.24, 2.45) is 0 Å². The molecule has 0 fully saturated rings. The van der Waals surface area contributed by atoms with E-state index < -0.39 is 10.2 Å². The minimum absolute atomic E-state index is 0.134. The zero-order valence-corrected chi connectivity index (χ0v) is 10.8. The summed E-state index contributed by atoms with van der Waals surface area (Å²) in [7, 11) is -0.0698. The van der Waals surface area contributed by atoms with Gasteiger partial charge in [-0.15, -0.1) is 0 Å². The van der Waals surface area contributed by atoms with Gasteiger partial charge in [-0.2, -0.15) is 17.4 Å². The van der Waals surface area contributed by atoms with E-state index in [-0.39, 0.29) is 6.54 Å². The SMILES string of the molecule is CNCCCN(C)S(=O)(=O)NCc1ccon1. The Bertz CT molecular complexity index is 404. The molecule has 17 heavy (non-hydrogen) atoms. The maximum atomic E-state index is 11.8. The van der Waals surface area contributed by atoms with Gasteiger partial charge in [0.15, 0.2) is 0 Å². The molecule has 0 aromatic carbocycles. The summed E-state index contributed by atoms with van der Waals surface area (Å²) in [5, 5.41) is 6.59. The third-order valence-corrected chi connectivity index (χ3v) is 3.75. The van der Waals surface area contributed by atoms with Gasteiger partial charge in [0.25, 0.3) is 10.2 Å². The van der Waals surface area contributed by atoms with Gasteiger partial charge in [-0.05, 0) is 20.0 Å². The number of aromatic nitrogens is 1. The second-order valence-corrected chi connectivity index (χ2v) is 5.46. The lowest BCUT2D eigenvalue weighted by Gasteiger charge is -2.16. The highest BCUT2D eigenvalue weighted by atomic mass is 32.2. The van der Waals surface area contributed by atoms with Crippen LogP contribution < -0.4 is 10.0 Å². The molecule has 8 heteroatoms. The first kappa shape index (κ1) is 14.1. The molecule has 2 N–H and O–H groups in total. The van der Waals surface area contributed by atoms with Gasteiger partial charge in [0.2, 0.25) is 0 Å². The highest BCUT2D eigenvalue weighted by molar-refractivity contribution is 7.87. The smallest absolute Gasteiger partial charge is 0.279 e. The monoisotopic (exact) mass is 262 g/mol. The van der Waals surface area contributed by atoms with Crippen LogP contribution in [-0.4, -0.2) is 45.1 Å². The molecule has 1 aromatic heterocycles. The van der Waals surface area contributed by atoms with Gasteiger partial charge in [0, 0.05) is 19.7 Å². The number of nitrogens with one attached hydrogen (secondary N) is 2. The molecule has 1 aromatic rings. The lowest BCUT2D eigenvalue weighted by molar-refractivity contribution is 0.409. The standard InChI is InChI=1S/C9H18N4O3S/c1-10-5-3-6-13(2)17(14,15)11-8-9-4-7-16-12-9/h4,7,10-11H,3,5-6,8H2,1-2H3. The maximum Gasteiger partial charge on any atom is 0.279 e. The first-order valence-corrected chi connectivity index (χ1v) is 6.75. The molecule has 0 aliphatic heterocycles. The molecule has 0 amide bonds. The summed E-state index contributed by atoms with van der Waals surface area (Å²) in [5.74, 6) is 0. The van der Waals surface area contributed by atoms with E-state index in [1.807, 2.05) is 7.05 Å². The summed E-state index contributed by atoms with van der Waals surface area (Å²) in [4.78, 5) is 0. The van der Waals surface area contributed by atoms with E-state index in [1.54, 1.807) is 13.1 Å². The van der Waals surface area contributed by atoms with Gasteiger partial charge in [-0.3, -0.25) is 0 Å². The molecule has 7 nitrogen and oxygen atoms in total. The fourth-order valence-corrected chi connectivity index (χ4v) is 2.12. The normalized spacial score (nSPS) is 12.2. The lowest BCUT2D eigenvalue weighted by atomic mass is 10.4. The van der Waals surface area contributed by atoms with Gasteiger partial charge in [0.1, 0.15) is 6.26 Å². The lowest BCUT2D eigenvalue weighted by Crippen LogP contribution is -2.39. The Kier molecular flexibility index (Phi) is 5.56. The van der Waals surface area contributed by atoms with E-state index in [2.05, 4.69) is 19.7 Å². The molecule has 0 atom stereocenters. The molecule has 0 spiro atoms. The van der Waals surface area contributed by atoms with E-state index in [0.717, 1.165) is 13.0 Å². The Morgan fingerprint density at radius 2 is 2.29 bits per heavy atom. The van der Waals surface area contributed by atoms with Gasteiger partial charge in [-0.1, -0.05) is 5.16 Å². The first-order chi connectivity index (χ1) is 8.06. The zero-order valence-electron chi connectivity index (χ0n) is 10.0. The predicted octanol–water partition coefficient (Wildman–Crippen LogP) is -0.450. The van der Waals surface area contributed by atoms with Crippen LogP contribution in [0, 0.1) is 0 Å². The Morgan fingerprint density at radius 3 is 2.88 bits per heavy atom. The van der Waals surface area contributed by atoms with Crippen LogP contribution in [0.25, 0.3) is 0 Å². The maximum absolute atomic E-state index is 11.8. The topological polar surface area (TPSA) is 87.5 Å². The van der Waals surface area contributed by atoms with Crippen molar-refractivity contribution in [3.63, 3.8) is 0 Å². The van der Waals surface area contributed by atoms with Gasteiger partial charge < -0.3 is 9.84 Å². The minimum Gasteiger partial charge on any atom is -0.364 e. The molecule has 1 heterocycles. The van der Waals surface area contributed by atoms with Gasteiger partial charge in [-0.25, -0.2) is 0 Å². The molecule has 0 aliphatic carbocycles. The van der Waals surface area contributed by atoms with Crippen LogP contribution in [-0.2, 0) is 16.8 Å². The van der Waals surface area contributed by atoms with Crippen molar-refractivity contribution < 1.29 is 12.9 Å². The van der Waals surface area contributed by atoms with E-state index in [0.29, 0.717) is 12.2 Å². The van der Waals surface area contributed by atoms with Crippen molar-refractivity contribution in [2.45, 2.75) is 13.0 Å². The van der Waals surface area contributed by atoms with E-state index in [9.17, 15) is 8.42 Å². The Morgan fingerprint density at radius 1 is 1.53 bits per heavy atom. The average Bonchev–Trinajstić information content (AvgIpc) is 2.79. The highest BCUT2D eigenvalue weighted by Crippen LogP contribution is 1.99. The second-order valence-electron chi connectivity index (χ2n) is 3.60. The van der Waals surface area contributed by atoms with Crippen LogP contribution in [0.2, 0.25) is 0 Å². The van der Waals surface area contributed by atoms with Crippen molar-refractivity contribution in [1.82, 2.24) is 19.5 Å². The minimum atomic E-state index is -3.44. The van der Waals surface area contributed by atoms with Crippen molar-refractivity contribution in [1.29, 1.82) is 0 Å². The molecule has 0 radical (unpaired) electrons. The summed E-state index contributed by atoms with van der Waals surface area (Å²) in [6.45, 7) is 1.38. The molecule has 1 rings (SSSR count). The van der Waals surface area contributed by atoms with Crippen molar-refractivity contribution in [3.8, 4) is 0 Å². The Hall–Kier alpha value is -0.960. The predicted molar refractivity (Wildman–Crippen MR) is 63.4 cm³/mol. The molecule has 0 aliphatic rings.